The Kier molecular flexibility index (Phi) is 5.29. The van der Waals surface area contributed by atoms with E-state index in [1.165, 1.54) is 4.88 Å². The summed E-state index contributed by atoms with van der Waals surface area (Å²) in [5, 5.41) is 1.89. The second-order valence-electron chi connectivity index (χ2n) is 6.39. The highest BCUT2D eigenvalue weighted by molar-refractivity contribution is 7.91. The molecule has 0 unspecified atom stereocenters. The highest BCUT2D eigenvalue weighted by Gasteiger charge is 2.47. The summed E-state index contributed by atoms with van der Waals surface area (Å²) in [4.78, 5) is 18.0. The number of rotatable bonds is 5. The summed E-state index contributed by atoms with van der Waals surface area (Å²) >= 11 is 1.59. The molecule has 0 radical (unpaired) electrons. The van der Waals surface area contributed by atoms with Crippen molar-refractivity contribution in [3.8, 4) is 0 Å². The molecule has 0 N–H and O–H groups in total. The number of aryl methyl sites for hydroxylation is 1. The smallest absolute Gasteiger partial charge is 0.255 e. The number of piperazine rings is 1. The fourth-order valence-electron chi connectivity index (χ4n) is 3.61. The average molecular weight is 373 g/mol. The van der Waals surface area contributed by atoms with Crippen LogP contribution in [0.15, 0.2) is 11.4 Å². The summed E-state index contributed by atoms with van der Waals surface area (Å²) in [7, 11) is -1.47. The van der Waals surface area contributed by atoms with Crippen molar-refractivity contribution in [2.45, 2.75) is 25.4 Å². The molecule has 134 valence electrons. The quantitative estimate of drug-likeness (QED) is 0.768. The Balaban J connectivity index is 1.81. The number of thiophene rings is 1. The van der Waals surface area contributed by atoms with E-state index in [4.69, 9.17) is 4.74 Å². The second kappa shape index (κ2) is 7.11. The van der Waals surface area contributed by atoms with Crippen LogP contribution in [0.2, 0.25) is 0 Å². The van der Waals surface area contributed by atoms with Crippen LogP contribution < -0.4 is 0 Å². The van der Waals surface area contributed by atoms with Crippen LogP contribution in [-0.2, 0) is 21.0 Å². The molecule has 1 amide bonds. The third-order valence-electron chi connectivity index (χ3n) is 4.88. The molecule has 0 bridgehead atoms. The lowest BCUT2D eigenvalue weighted by Gasteiger charge is -2.43. The van der Waals surface area contributed by atoms with Gasteiger partial charge in [-0.1, -0.05) is 6.92 Å². The van der Waals surface area contributed by atoms with Gasteiger partial charge < -0.3 is 9.64 Å². The Labute approximate surface area is 147 Å². The first kappa shape index (κ1) is 17.8. The monoisotopic (exact) mass is 372 g/mol. The molecule has 8 heteroatoms. The molecule has 24 heavy (non-hydrogen) atoms. The molecule has 2 saturated heterocycles. The molecule has 3 heterocycles. The standard InChI is InChI=1S/C16H24N2O4S2/c1-3-13-8-12(9-23-13)16(19)18-5-4-17(6-7-22-2)14-10-24(20,21)11-15(14)18/h8-9,14-15H,3-7,10-11H2,1-2H3/t14-,15+/m1/s1. The summed E-state index contributed by atoms with van der Waals surface area (Å²) in [6.45, 7) is 4.59. The first-order valence-corrected chi connectivity index (χ1v) is 11.0. The number of carbonyl (C=O) groups excluding carboxylic acids is 1. The van der Waals surface area contributed by atoms with Gasteiger partial charge in [-0.3, -0.25) is 9.69 Å². The molecule has 0 saturated carbocycles. The first-order valence-electron chi connectivity index (χ1n) is 8.27. The third-order valence-corrected chi connectivity index (χ3v) is 7.66. The summed E-state index contributed by atoms with van der Waals surface area (Å²) in [5.41, 5.74) is 0.685. The van der Waals surface area contributed by atoms with Gasteiger partial charge in [-0.15, -0.1) is 11.3 Å². The number of methoxy groups -OCH3 is 1. The van der Waals surface area contributed by atoms with Crippen LogP contribution in [0.4, 0.5) is 0 Å². The minimum Gasteiger partial charge on any atom is -0.383 e. The SMILES string of the molecule is CCc1cc(C(=O)N2CCN(CCOC)[C@@H]3CS(=O)(=O)C[C@@H]32)cs1. The van der Waals surface area contributed by atoms with Gasteiger partial charge in [-0.05, 0) is 12.5 Å². The number of hydrogen-bond acceptors (Lipinski definition) is 6. The largest absolute Gasteiger partial charge is 0.383 e. The third kappa shape index (κ3) is 3.51. The number of sulfone groups is 1. The van der Waals surface area contributed by atoms with Crippen molar-refractivity contribution in [3.63, 3.8) is 0 Å². The topological polar surface area (TPSA) is 66.9 Å². The van der Waals surface area contributed by atoms with Crippen molar-refractivity contribution in [2.75, 3.05) is 44.9 Å². The van der Waals surface area contributed by atoms with Crippen LogP contribution in [0.3, 0.4) is 0 Å². The Bertz CT molecular complexity index is 701. The second-order valence-corrected chi connectivity index (χ2v) is 9.54. The molecule has 0 spiro atoms. The Morgan fingerprint density at radius 2 is 2.08 bits per heavy atom. The molecule has 3 rings (SSSR count). The number of nitrogens with zero attached hydrogens (tertiary/aromatic N) is 2. The molecule has 1 aromatic heterocycles. The van der Waals surface area contributed by atoms with Gasteiger partial charge in [0.1, 0.15) is 0 Å². The maximum Gasteiger partial charge on any atom is 0.255 e. The van der Waals surface area contributed by atoms with E-state index >= 15 is 0 Å². The predicted octanol–water partition coefficient (Wildman–Crippen LogP) is 0.880. The first-order chi connectivity index (χ1) is 11.4. The predicted molar refractivity (Wildman–Crippen MR) is 94.4 cm³/mol. The molecular formula is C16H24N2O4S2. The molecule has 2 atom stereocenters. The van der Waals surface area contributed by atoms with Crippen LogP contribution >= 0.6 is 11.3 Å². The Morgan fingerprint density at radius 1 is 1.33 bits per heavy atom. The number of carbonyl (C=O) groups is 1. The summed E-state index contributed by atoms with van der Waals surface area (Å²) < 4.78 is 29.5. The van der Waals surface area contributed by atoms with E-state index in [0.717, 1.165) is 6.42 Å². The lowest BCUT2D eigenvalue weighted by molar-refractivity contribution is 0.0247. The zero-order valence-corrected chi connectivity index (χ0v) is 15.7. The minimum atomic E-state index is -3.11. The van der Waals surface area contributed by atoms with E-state index in [9.17, 15) is 13.2 Å². The fraction of sp³-hybridized carbons (Fsp3) is 0.688. The van der Waals surface area contributed by atoms with Gasteiger partial charge in [0.15, 0.2) is 9.84 Å². The zero-order chi connectivity index (χ0) is 17.3. The van der Waals surface area contributed by atoms with E-state index < -0.39 is 9.84 Å². The van der Waals surface area contributed by atoms with Gasteiger partial charge in [0, 0.05) is 43.0 Å². The highest BCUT2D eigenvalue weighted by Crippen LogP contribution is 2.29. The Morgan fingerprint density at radius 3 is 2.75 bits per heavy atom. The summed E-state index contributed by atoms with van der Waals surface area (Å²) in [6.07, 6.45) is 0.906. The Hall–Kier alpha value is -0.960. The van der Waals surface area contributed by atoms with E-state index in [1.54, 1.807) is 23.3 Å². The van der Waals surface area contributed by atoms with Crippen molar-refractivity contribution in [2.24, 2.45) is 0 Å². The maximum absolute atomic E-state index is 12.9. The van der Waals surface area contributed by atoms with Crippen LogP contribution in [0.5, 0.6) is 0 Å². The molecule has 2 aliphatic heterocycles. The van der Waals surface area contributed by atoms with Crippen molar-refractivity contribution in [1.82, 2.24) is 9.80 Å². The molecule has 2 aliphatic rings. The normalized spacial score (nSPS) is 26.5. The minimum absolute atomic E-state index is 0.0376. The zero-order valence-electron chi connectivity index (χ0n) is 14.1. The van der Waals surface area contributed by atoms with Crippen LogP contribution in [0.1, 0.15) is 22.2 Å². The number of fused-ring (bicyclic) bond motifs is 1. The lowest BCUT2D eigenvalue weighted by atomic mass is 10.0. The number of amides is 1. The van der Waals surface area contributed by atoms with Gasteiger partial charge in [-0.2, -0.15) is 0 Å². The van der Waals surface area contributed by atoms with Gasteiger partial charge in [0.2, 0.25) is 0 Å². The van der Waals surface area contributed by atoms with E-state index in [0.29, 0.717) is 31.8 Å². The van der Waals surface area contributed by atoms with Crippen molar-refractivity contribution in [3.05, 3.63) is 21.9 Å². The molecule has 1 aromatic rings. The average Bonchev–Trinajstić information content (AvgIpc) is 3.14. The van der Waals surface area contributed by atoms with Gasteiger partial charge in [0.05, 0.1) is 29.7 Å². The highest BCUT2D eigenvalue weighted by atomic mass is 32.2. The fourth-order valence-corrected chi connectivity index (χ4v) is 6.43. The maximum atomic E-state index is 12.9. The van der Waals surface area contributed by atoms with Gasteiger partial charge in [0.25, 0.3) is 5.91 Å². The van der Waals surface area contributed by atoms with Crippen molar-refractivity contribution >= 4 is 27.1 Å². The molecule has 0 aliphatic carbocycles. The van der Waals surface area contributed by atoms with Crippen LogP contribution in [-0.4, -0.2) is 81.1 Å². The van der Waals surface area contributed by atoms with Gasteiger partial charge >= 0.3 is 0 Å². The van der Waals surface area contributed by atoms with Crippen LogP contribution in [0, 0.1) is 0 Å². The van der Waals surface area contributed by atoms with Crippen LogP contribution in [0.25, 0.3) is 0 Å². The summed E-state index contributed by atoms with van der Waals surface area (Å²) in [6, 6.07) is 1.56. The molecular weight excluding hydrogens is 348 g/mol. The van der Waals surface area contributed by atoms with E-state index in [-0.39, 0.29) is 29.5 Å². The van der Waals surface area contributed by atoms with Crippen molar-refractivity contribution < 1.29 is 17.9 Å². The van der Waals surface area contributed by atoms with E-state index in [2.05, 4.69) is 11.8 Å². The number of hydrogen-bond donors (Lipinski definition) is 0. The lowest BCUT2D eigenvalue weighted by Crippen LogP contribution is -2.61. The van der Waals surface area contributed by atoms with Crippen molar-refractivity contribution in [1.29, 1.82) is 0 Å². The number of ether oxygens (including phenoxy) is 1. The molecule has 6 nitrogen and oxygen atoms in total. The molecule has 0 aromatic carbocycles. The van der Waals surface area contributed by atoms with E-state index in [1.807, 2.05) is 11.4 Å². The summed E-state index contributed by atoms with van der Waals surface area (Å²) in [5.74, 6) is 0.164. The molecule has 2 fully saturated rings. The van der Waals surface area contributed by atoms with Gasteiger partial charge in [-0.25, -0.2) is 8.42 Å².